The summed E-state index contributed by atoms with van der Waals surface area (Å²) in [5.41, 5.74) is 1.28. The number of likely N-dealkylation sites (tertiary alicyclic amines) is 1. The number of hydrogen-bond donors (Lipinski definition) is 2. The number of halogens is 2. The molecule has 3 fully saturated rings. The molecule has 1 aromatic carbocycles. The zero-order valence-corrected chi connectivity index (χ0v) is 26.7. The third-order valence-corrected chi connectivity index (χ3v) is 10.1. The summed E-state index contributed by atoms with van der Waals surface area (Å²) in [5, 5.41) is 15.7. The van der Waals surface area contributed by atoms with Crippen molar-refractivity contribution in [3.05, 3.63) is 62.5 Å². The van der Waals surface area contributed by atoms with E-state index in [1.54, 1.807) is 6.20 Å². The summed E-state index contributed by atoms with van der Waals surface area (Å²) < 4.78 is 19.2. The summed E-state index contributed by atoms with van der Waals surface area (Å²) in [7, 11) is 1.30. The largest absolute Gasteiger partial charge is 0.480 e. The molecular weight excluding hydrogens is 625 g/mol. The first-order chi connectivity index (χ1) is 21.5. The van der Waals surface area contributed by atoms with Crippen molar-refractivity contribution in [2.24, 2.45) is 4.99 Å². The first kappa shape index (κ1) is 31.4. The number of aliphatic imine (C=N–C) groups is 1. The zero-order valence-electron chi connectivity index (χ0n) is 25.2. The van der Waals surface area contributed by atoms with Crippen LogP contribution in [-0.4, -0.2) is 124 Å². The molecule has 4 atom stereocenters. The van der Waals surface area contributed by atoms with Gasteiger partial charge in [0.25, 0.3) is 0 Å². The van der Waals surface area contributed by atoms with Gasteiger partial charge >= 0.3 is 18.0 Å². The fourth-order valence-electron chi connectivity index (χ4n) is 6.82. The van der Waals surface area contributed by atoms with E-state index in [1.807, 2.05) is 33.9 Å². The van der Waals surface area contributed by atoms with Gasteiger partial charge in [-0.25, -0.2) is 19.0 Å². The molecule has 2 amide bonds. The maximum Gasteiger partial charge on any atom is 0.338 e. The molecule has 6 rings (SSSR count). The number of urea groups is 1. The Balaban J connectivity index is 1.25. The third-order valence-electron chi connectivity index (χ3n) is 8.98. The molecule has 0 saturated carbocycles. The average Bonchev–Trinajstić information content (AvgIpc) is 3.76. The Morgan fingerprint density at radius 3 is 2.64 bits per heavy atom. The Morgan fingerprint density at radius 2 is 2.00 bits per heavy atom. The van der Waals surface area contributed by atoms with E-state index < -0.39 is 29.8 Å². The number of benzene rings is 1. The normalized spacial score (nSPS) is 25.9. The maximum absolute atomic E-state index is 14.0. The molecule has 2 N–H and O–H groups in total. The van der Waals surface area contributed by atoms with Crippen LogP contribution in [0.3, 0.4) is 0 Å². The predicted octanol–water partition coefficient (Wildman–Crippen LogP) is 2.81. The quantitative estimate of drug-likeness (QED) is 0.411. The zero-order chi connectivity index (χ0) is 32.0. The summed E-state index contributed by atoms with van der Waals surface area (Å²) >= 11 is 7.86. The number of carboxylic acids is 1. The van der Waals surface area contributed by atoms with Crippen LogP contribution in [0.4, 0.5) is 9.18 Å². The standard InChI is InChI=1S/C30H35ClFN7O5S/c1-16(2)38-13-18(11-23(38)28(40)41)39-14-19-12-36(7-8-37(19)30(39)43)15-22-24(29(42)44-3)25(20-5-4-17(32)10-21(20)31)35-26(34-22)27-33-6-9-45-27/h4-6,9-10,16,18-19,23,25H,7-8,11-15H2,1-3H3,(H,34,35)(H,40,41)/t18-,19?,23+,25?/m0/s1. The van der Waals surface area contributed by atoms with Gasteiger partial charge in [-0.1, -0.05) is 17.7 Å². The number of fused-ring (bicyclic) bond motifs is 1. The Labute approximate surface area is 269 Å². The van der Waals surface area contributed by atoms with Gasteiger partial charge in [-0.2, -0.15) is 0 Å². The summed E-state index contributed by atoms with van der Waals surface area (Å²) in [6.45, 7) is 6.89. The number of aliphatic carboxylic acids is 1. The maximum atomic E-state index is 14.0. The van der Waals surface area contributed by atoms with E-state index in [1.165, 1.54) is 36.6 Å². The van der Waals surface area contributed by atoms with Gasteiger partial charge in [-0.3, -0.25) is 19.6 Å². The lowest BCUT2D eigenvalue weighted by molar-refractivity contribution is -0.142. The number of esters is 1. The van der Waals surface area contributed by atoms with Crippen LogP contribution < -0.4 is 5.32 Å². The number of piperazine rings is 1. The molecule has 3 saturated heterocycles. The van der Waals surface area contributed by atoms with Gasteiger partial charge in [0.2, 0.25) is 0 Å². The number of carbonyl (C=O) groups is 3. The second-order valence-corrected chi connectivity index (χ2v) is 13.2. The van der Waals surface area contributed by atoms with Crippen molar-refractivity contribution in [3.63, 3.8) is 0 Å². The van der Waals surface area contributed by atoms with Gasteiger partial charge in [0.05, 0.1) is 18.7 Å². The smallest absolute Gasteiger partial charge is 0.338 e. The van der Waals surface area contributed by atoms with Crippen molar-refractivity contribution < 1.29 is 28.6 Å². The van der Waals surface area contributed by atoms with Gasteiger partial charge in [0.15, 0.2) is 10.8 Å². The molecule has 0 aliphatic carbocycles. The molecule has 15 heteroatoms. The number of hydrogen-bond acceptors (Lipinski definition) is 10. The third kappa shape index (κ3) is 6.03. The SMILES string of the molecule is COC(=O)C1=C(CN2CCN3C(=O)N([C@H]4C[C@H](C(=O)O)N(C(C)C)C4)CC3C2)NC(c2nccs2)=NC1c1ccc(F)cc1Cl. The number of carbonyl (C=O) groups excluding carboxylic acids is 2. The summed E-state index contributed by atoms with van der Waals surface area (Å²) in [5.74, 6) is -1.49. The van der Waals surface area contributed by atoms with Crippen LogP contribution in [0.5, 0.6) is 0 Å². The number of methoxy groups -OCH3 is 1. The first-order valence-electron chi connectivity index (χ1n) is 14.8. The molecule has 0 spiro atoms. The van der Waals surface area contributed by atoms with E-state index in [0.29, 0.717) is 67.8 Å². The molecule has 2 unspecified atom stereocenters. The summed E-state index contributed by atoms with van der Waals surface area (Å²) in [4.78, 5) is 55.8. The fourth-order valence-corrected chi connectivity index (χ4v) is 7.67. The van der Waals surface area contributed by atoms with Crippen LogP contribution in [-0.2, 0) is 14.3 Å². The molecule has 1 aromatic heterocycles. The van der Waals surface area contributed by atoms with Gasteiger partial charge in [-0.05, 0) is 32.4 Å². The average molecular weight is 660 g/mol. The van der Waals surface area contributed by atoms with Crippen LogP contribution in [0.15, 0.2) is 46.0 Å². The number of ether oxygens (including phenoxy) is 1. The Bertz CT molecular complexity index is 1550. The molecule has 45 heavy (non-hydrogen) atoms. The second kappa shape index (κ2) is 12.7. The molecule has 4 aliphatic heterocycles. The lowest BCUT2D eigenvalue weighted by Crippen LogP contribution is -2.53. The van der Waals surface area contributed by atoms with E-state index in [0.717, 1.165) is 0 Å². The fraction of sp³-hybridized carbons (Fsp3) is 0.500. The predicted molar refractivity (Wildman–Crippen MR) is 166 cm³/mol. The van der Waals surface area contributed by atoms with Crippen LogP contribution in [0.2, 0.25) is 5.02 Å². The van der Waals surface area contributed by atoms with Crippen molar-refractivity contribution in [2.75, 3.05) is 46.4 Å². The van der Waals surface area contributed by atoms with Gasteiger partial charge in [-0.15, -0.1) is 11.3 Å². The van der Waals surface area contributed by atoms with Crippen LogP contribution in [0.1, 0.15) is 36.9 Å². The Kier molecular flexibility index (Phi) is 8.83. The van der Waals surface area contributed by atoms with Crippen LogP contribution in [0.25, 0.3) is 0 Å². The van der Waals surface area contributed by atoms with Crippen LogP contribution >= 0.6 is 22.9 Å². The van der Waals surface area contributed by atoms with Crippen molar-refractivity contribution >= 4 is 46.7 Å². The van der Waals surface area contributed by atoms with E-state index in [4.69, 9.17) is 21.3 Å². The highest BCUT2D eigenvalue weighted by molar-refractivity contribution is 7.11. The number of carboxylic acid groups (broad SMARTS) is 1. The molecule has 5 heterocycles. The topological polar surface area (TPSA) is 131 Å². The van der Waals surface area contributed by atoms with Gasteiger partial charge in [0, 0.05) is 79.2 Å². The second-order valence-electron chi connectivity index (χ2n) is 11.9. The number of nitrogens with zero attached hydrogens (tertiary/aromatic N) is 6. The highest BCUT2D eigenvalue weighted by atomic mass is 35.5. The number of rotatable bonds is 8. The van der Waals surface area contributed by atoms with Crippen LogP contribution in [0, 0.1) is 5.82 Å². The number of amides is 2. The first-order valence-corrected chi connectivity index (χ1v) is 16.1. The van der Waals surface area contributed by atoms with E-state index >= 15 is 0 Å². The number of amidine groups is 1. The van der Waals surface area contributed by atoms with E-state index in [9.17, 15) is 23.9 Å². The van der Waals surface area contributed by atoms with Crippen molar-refractivity contribution in [2.45, 2.75) is 50.5 Å². The minimum absolute atomic E-state index is 0.0542. The van der Waals surface area contributed by atoms with Crippen molar-refractivity contribution in [1.82, 2.24) is 29.9 Å². The lowest BCUT2D eigenvalue weighted by Gasteiger charge is -2.38. The number of thiazole rings is 1. The monoisotopic (exact) mass is 659 g/mol. The molecule has 0 radical (unpaired) electrons. The highest BCUT2D eigenvalue weighted by Crippen LogP contribution is 2.37. The van der Waals surface area contributed by atoms with Gasteiger partial charge < -0.3 is 25.0 Å². The molecule has 12 nitrogen and oxygen atoms in total. The van der Waals surface area contributed by atoms with Gasteiger partial charge in [0.1, 0.15) is 17.9 Å². The number of nitrogens with one attached hydrogen (secondary N) is 1. The van der Waals surface area contributed by atoms with Crippen molar-refractivity contribution in [3.8, 4) is 0 Å². The van der Waals surface area contributed by atoms with E-state index in [2.05, 4.69) is 15.2 Å². The molecule has 2 aromatic rings. The molecule has 240 valence electrons. The van der Waals surface area contributed by atoms with E-state index in [-0.39, 0.29) is 34.8 Å². The molecule has 4 aliphatic rings. The Hall–Kier alpha value is -3.59. The Morgan fingerprint density at radius 1 is 1.20 bits per heavy atom. The molecular formula is C30H35ClFN7O5S. The lowest BCUT2D eigenvalue weighted by atomic mass is 9.95. The minimum Gasteiger partial charge on any atom is -0.480 e. The van der Waals surface area contributed by atoms with Crippen molar-refractivity contribution in [1.29, 1.82) is 0 Å². The summed E-state index contributed by atoms with van der Waals surface area (Å²) in [6, 6.07) is 2.24. The summed E-state index contributed by atoms with van der Waals surface area (Å²) in [6.07, 6.45) is 2.06. The minimum atomic E-state index is -0.864. The number of aromatic nitrogens is 1. The highest BCUT2D eigenvalue weighted by Gasteiger charge is 2.48. The molecule has 0 bridgehead atoms.